The summed E-state index contributed by atoms with van der Waals surface area (Å²) < 4.78 is 17.7. The van der Waals surface area contributed by atoms with Crippen LogP contribution in [0.1, 0.15) is 36.8 Å². The summed E-state index contributed by atoms with van der Waals surface area (Å²) in [4.78, 5) is 51.3. The van der Waals surface area contributed by atoms with Crippen LogP contribution in [0.15, 0.2) is 23.0 Å². The molecule has 3 atom stereocenters. The third kappa shape index (κ3) is 3.50. The zero-order valence-electron chi connectivity index (χ0n) is 18.2. The molecule has 5 rings (SSSR count). The molecule has 2 aromatic rings. The van der Waals surface area contributed by atoms with Crippen molar-refractivity contribution < 1.29 is 23.9 Å². The molecular formula is C22H26FN5O5. The highest BCUT2D eigenvalue weighted by Crippen LogP contribution is 2.36. The predicted molar refractivity (Wildman–Crippen MR) is 116 cm³/mol. The van der Waals surface area contributed by atoms with Gasteiger partial charge in [-0.2, -0.15) is 0 Å². The molecule has 3 aliphatic heterocycles. The largest absolute Gasteiger partial charge is 0.465 e. The number of nitrogens with one attached hydrogen (secondary N) is 1. The fourth-order valence-electron chi connectivity index (χ4n) is 5.49. The van der Waals surface area contributed by atoms with E-state index in [9.17, 15) is 23.6 Å². The van der Waals surface area contributed by atoms with Crippen molar-refractivity contribution in [3.05, 3.63) is 34.2 Å². The lowest BCUT2D eigenvalue weighted by Gasteiger charge is -2.48. The van der Waals surface area contributed by atoms with E-state index in [0.717, 1.165) is 16.0 Å². The van der Waals surface area contributed by atoms with Gasteiger partial charge in [0.1, 0.15) is 12.2 Å². The number of rotatable bonds is 3. The standard InChI is InChI=1S/C22H26FN5O5/c1-25-19-13(12-9-27(10-12)15-7-8-26(22(32)33)11-14(15)23)3-2-4-16(19)28(21(25)31)17-5-6-18(29)24-20(17)30/h2-4,12,14-15,17H,5-11H2,1H3,(H,32,33)(H,24,29,30)/t14-,15+,17?/m0/s1. The number of carbonyl (C=O) groups excluding carboxylic acids is 2. The summed E-state index contributed by atoms with van der Waals surface area (Å²) in [6, 6.07) is 4.57. The Labute approximate surface area is 188 Å². The Bertz CT molecular complexity index is 1200. The number of alkyl halides is 1. The first kappa shape index (κ1) is 21.6. The first-order chi connectivity index (χ1) is 15.8. The smallest absolute Gasteiger partial charge is 0.407 e. The van der Waals surface area contributed by atoms with Crippen molar-refractivity contribution in [2.75, 3.05) is 26.2 Å². The molecule has 0 radical (unpaired) electrons. The van der Waals surface area contributed by atoms with Crippen LogP contribution in [0.4, 0.5) is 9.18 Å². The molecule has 2 N–H and O–H groups in total. The average Bonchev–Trinajstić information content (AvgIpc) is 2.99. The van der Waals surface area contributed by atoms with Crippen molar-refractivity contribution >= 4 is 28.9 Å². The maximum absolute atomic E-state index is 14.6. The van der Waals surface area contributed by atoms with Crippen molar-refractivity contribution in [3.63, 3.8) is 0 Å². The Kier molecular flexibility index (Phi) is 5.23. The lowest BCUT2D eigenvalue weighted by molar-refractivity contribution is -0.135. The molecule has 1 aromatic carbocycles. The third-order valence-corrected chi connectivity index (χ3v) is 7.25. The highest BCUT2D eigenvalue weighted by atomic mass is 19.1. The normalized spacial score (nSPS) is 27.0. The van der Waals surface area contributed by atoms with Crippen LogP contribution < -0.4 is 11.0 Å². The van der Waals surface area contributed by atoms with Gasteiger partial charge in [0.25, 0.3) is 0 Å². The number of piperidine rings is 2. The van der Waals surface area contributed by atoms with E-state index < -0.39 is 24.2 Å². The number of amides is 3. The molecule has 10 nitrogen and oxygen atoms in total. The number of aryl methyl sites for hydroxylation is 1. The summed E-state index contributed by atoms with van der Waals surface area (Å²) in [6.07, 6.45) is -1.41. The monoisotopic (exact) mass is 459 g/mol. The van der Waals surface area contributed by atoms with Crippen molar-refractivity contribution in [3.8, 4) is 0 Å². The molecule has 3 amide bonds. The average molecular weight is 459 g/mol. The van der Waals surface area contributed by atoms with Crippen LogP contribution in [-0.2, 0) is 16.6 Å². The number of fused-ring (bicyclic) bond motifs is 1. The van der Waals surface area contributed by atoms with Crippen LogP contribution in [-0.4, -0.2) is 80.3 Å². The Morgan fingerprint density at radius 3 is 2.58 bits per heavy atom. The van der Waals surface area contributed by atoms with Gasteiger partial charge >= 0.3 is 11.8 Å². The summed E-state index contributed by atoms with van der Waals surface area (Å²) in [5, 5.41) is 11.4. The van der Waals surface area contributed by atoms with Gasteiger partial charge in [-0.05, 0) is 24.5 Å². The van der Waals surface area contributed by atoms with Gasteiger partial charge in [0.2, 0.25) is 11.8 Å². The number of halogens is 1. The lowest BCUT2D eigenvalue weighted by Crippen LogP contribution is -2.59. The molecule has 11 heteroatoms. The fraction of sp³-hybridized carbons (Fsp3) is 0.545. The van der Waals surface area contributed by atoms with Crippen LogP contribution in [0.5, 0.6) is 0 Å². The number of hydrogen-bond donors (Lipinski definition) is 2. The highest BCUT2D eigenvalue weighted by Gasteiger charge is 2.42. The molecule has 0 spiro atoms. The van der Waals surface area contributed by atoms with E-state index in [1.807, 2.05) is 17.0 Å². The van der Waals surface area contributed by atoms with E-state index in [-0.39, 0.29) is 42.9 Å². The fourth-order valence-corrected chi connectivity index (χ4v) is 5.49. The second-order valence-electron chi connectivity index (χ2n) is 9.14. The van der Waals surface area contributed by atoms with E-state index in [1.54, 1.807) is 17.7 Å². The van der Waals surface area contributed by atoms with Gasteiger partial charge in [0.15, 0.2) is 0 Å². The number of para-hydroxylation sites is 1. The van der Waals surface area contributed by atoms with Crippen molar-refractivity contribution in [1.82, 2.24) is 24.3 Å². The number of imide groups is 1. The maximum atomic E-state index is 14.6. The molecule has 0 bridgehead atoms. The first-order valence-corrected chi connectivity index (χ1v) is 11.2. The van der Waals surface area contributed by atoms with Crippen molar-refractivity contribution in [2.24, 2.45) is 7.05 Å². The number of likely N-dealkylation sites (tertiary alicyclic amines) is 2. The molecule has 0 saturated carbocycles. The number of hydrogen-bond acceptors (Lipinski definition) is 5. The predicted octanol–water partition coefficient (Wildman–Crippen LogP) is 0.807. The Morgan fingerprint density at radius 2 is 1.91 bits per heavy atom. The molecule has 1 aromatic heterocycles. The SMILES string of the molecule is Cn1c(=O)n(C2CCC(=O)NC2=O)c2cccc(C3CN([C@@H]4CCN(C(=O)O)C[C@@H]4F)C3)c21. The van der Waals surface area contributed by atoms with Gasteiger partial charge in [-0.3, -0.25) is 28.9 Å². The number of nitrogens with zero attached hydrogens (tertiary/aromatic N) is 4. The molecular weight excluding hydrogens is 433 g/mol. The molecule has 0 aliphatic carbocycles. The van der Waals surface area contributed by atoms with Gasteiger partial charge < -0.3 is 10.0 Å². The van der Waals surface area contributed by atoms with Gasteiger partial charge in [0.05, 0.1) is 17.6 Å². The Morgan fingerprint density at radius 1 is 1.15 bits per heavy atom. The molecule has 1 unspecified atom stereocenters. The zero-order valence-corrected chi connectivity index (χ0v) is 18.2. The Hall–Kier alpha value is -3.21. The van der Waals surface area contributed by atoms with E-state index in [1.165, 1.54) is 4.57 Å². The summed E-state index contributed by atoms with van der Waals surface area (Å²) in [7, 11) is 1.67. The van der Waals surface area contributed by atoms with Gasteiger partial charge in [0, 0.05) is 45.1 Å². The zero-order chi connectivity index (χ0) is 23.4. The summed E-state index contributed by atoms with van der Waals surface area (Å²) in [5.41, 5.74) is 2.04. The number of aromatic nitrogens is 2. The first-order valence-electron chi connectivity index (χ1n) is 11.2. The van der Waals surface area contributed by atoms with Crippen LogP contribution in [0.25, 0.3) is 11.0 Å². The molecule has 3 fully saturated rings. The molecule has 3 saturated heterocycles. The number of benzene rings is 1. The number of carbonyl (C=O) groups is 3. The second-order valence-corrected chi connectivity index (χ2v) is 9.14. The minimum atomic E-state index is -1.23. The molecule has 4 heterocycles. The van der Waals surface area contributed by atoms with Crippen LogP contribution in [0.3, 0.4) is 0 Å². The van der Waals surface area contributed by atoms with Gasteiger partial charge in [-0.25, -0.2) is 14.0 Å². The van der Waals surface area contributed by atoms with E-state index in [4.69, 9.17) is 5.11 Å². The summed E-state index contributed by atoms with van der Waals surface area (Å²) >= 11 is 0. The maximum Gasteiger partial charge on any atom is 0.407 e. The quantitative estimate of drug-likeness (QED) is 0.656. The Balaban J connectivity index is 1.39. The van der Waals surface area contributed by atoms with Crippen LogP contribution in [0, 0.1) is 0 Å². The molecule has 176 valence electrons. The van der Waals surface area contributed by atoms with Gasteiger partial charge in [-0.15, -0.1) is 0 Å². The van der Waals surface area contributed by atoms with Crippen molar-refractivity contribution in [1.29, 1.82) is 0 Å². The summed E-state index contributed by atoms with van der Waals surface area (Å²) in [5.74, 6) is -0.704. The van der Waals surface area contributed by atoms with E-state index >= 15 is 0 Å². The topological polar surface area (TPSA) is 117 Å². The lowest BCUT2D eigenvalue weighted by atomic mass is 9.86. The second kappa shape index (κ2) is 7.98. The third-order valence-electron chi connectivity index (χ3n) is 7.25. The van der Waals surface area contributed by atoms with Gasteiger partial charge in [-0.1, -0.05) is 12.1 Å². The molecule has 3 aliphatic rings. The summed E-state index contributed by atoms with van der Waals surface area (Å²) in [6.45, 7) is 1.45. The van der Waals surface area contributed by atoms with E-state index in [0.29, 0.717) is 31.6 Å². The van der Waals surface area contributed by atoms with Crippen LogP contribution >= 0.6 is 0 Å². The highest BCUT2D eigenvalue weighted by molar-refractivity contribution is 6.00. The molecule has 33 heavy (non-hydrogen) atoms. The minimum Gasteiger partial charge on any atom is -0.465 e. The minimum absolute atomic E-state index is 0.0987. The van der Waals surface area contributed by atoms with E-state index in [2.05, 4.69) is 5.32 Å². The number of carboxylic acid groups (broad SMARTS) is 1. The van der Waals surface area contributed by atoms with Crippen LogP contribution in [0.2, 0.25) is 0 Å². The van der Waals surface area contributed by atoms with Crippen molar-refractivity contribution in [2.45, 2.75) is 43.4 Å². The number of imidazole rings is 1.